The number of hydrogen-bond acceptors (Lipinski definition) is 5. The smallest absolute Gasteiger partial charge is 0.238 e. The molecule has 38 heavy (non-hydrogen) atoms. The van der Waals surface area contributed by atoms with Crippen molar-refractivity contribution >= 4 is 29.1 Å². The molecule has 6 heteroatoms. The van der Waals surface area contributed by atoms with Crippen molar-refractivity contribution in [3.8, 4) is 5.75 Å². The molecule has 1 fully saturated rings. The molecule has 0 aromatic heterocycles. The number of benzene rings is 2. The first-order chi connectivity index (χ1) is 18.2. The third-order valence-corrected chi connectivity index (χ3v) is 8.72. The number of phenolic OH excluding ortho intramolecular Hbond substituents is 1. The zero-order valence-corrected chi connectivity index (χ0v) is 21.7. The van der Waals surface area contributed by atoms with E-state index >= 15 is 0 Å². The molecule has 6 rings (SSSR count). The summed E-state index contributed by atoms with van der Waals surface area (Å²) in [6.45, 7) is 5.48. The maximum atomic E-state index is 13.9. The van der Waals surface area contributed by atoms with Crippen LogP contribution in [0.3, 0.4) is 0 Å². The number of fused-ring (bicyclic) bond motifs is 3. The second kappa shape index (κ2) is 8.76. The maximum Gasteiger partial charge on any atom is 0.238 e. The number of amides is 2. The highest BCUT2D eigenvalue weighted by Crippen LogP contribution is 2.55. The summed E-state index contributed by atoms with van der Waals surface area (Å²) in [5.41, 5.74) is 5.34. The van der Waals surface area contributed by atoms with Crippen molar-refractivity contribution in [2.45, 2.75) is 46.0 Å². The zero-order chi connectivity index (χ0) is 26.9. The minimum absolute atomic E-state index is 0.149. The van der Waals surface area contributed by atoms with Gasteiger partial charge in [-0.2, -0.15) is 0 Å². The monoisotopic (exact) mass is 507 g/mol. The number of aromatic hydroxyl groups is 1. The number of Topliss-reactive ketones (excluding diaryl/α,β-unsaturated/α-hetero) is 1. The number of anilines is 1. The van der Waals surface area contributed by atoms with E-state index in [0.717, 1.165) is 23.1 Å². The van der Waals surface area contributed by atoms with Crippen molar-refractivity contribution < 1.29 is 24.3 Å². The van der Waals surface area contributed by atoms with Crippen molar-refractivity contribution in [2.24, 2.45) is 17.8 Å². The number of hydrogen-bond donors (Lipinski definition) is 1. The summed E-state index contributed by atoms with van der Waals surface area (Å²) in [6, 6.07) is 12.7. The summed E-state index contributed by atoms with van der Waals surface area (Å²) in [4.78, 5) is 55.5. The Bertz CT molecular complexity index is 1520. The Morgan fingerprint density at radius 3 is 2.37 bits per heavy atom. The van der Waals surface area contributed by atoms with Gasteiger partial charge in [0.25, 0.3) is 0 Å². The van der Waals surface area contributed by atoms with Crippen LogP contribution >= 0.6 is 0 Å². The molecule has 0 bridgehead atoms. The Hall–Kier alpha value is -4.06. The van der Waals surface area contributed by atoms with Crippen molar-refractivity contribution in [1.29, 1.82) is 0 Å². The summed E-state index contributed by atoms with van der Waals surface area (Å²) in [5, 5.41) is 10.1. The van der Waals surface area contributed by atoms with Gasteiger partial charge in [-0.05, 0) is 80.0 Å². The molecule has 4 aliphatic rings. The molecule has 0 spiro atoms. The van der Waals surface area contributed by atoms with Crippen molar-refractivity contribution in [3.63, 3.8) is 0 Å². The molecular weight excluding hydrogens is 478 g/mol. The Morgan fingerprint density at radius 1 is 0.947 bits per heavy atom. The molecule has 0 radical (unpaired) electrons. The van der Waals surface area contributed by atoms with Gasteiger partial charge in [0.05, 0.1) is 17.5 Å². The third kappa shape index (κ3) is 3.46. The fourth-order valence-electron chi connectivity index (χ4n) is 6.75. The largest absolute Gasteiger partial charge is 0.508 e. The Balaban J connectivity index is 1.47. The Kier molecular flexibility index (Phi) is 5.60. The summed E-state index contributed by atoms with van der Waals surface area (Å²) in [5.74, 6) is -2.65. The van der Waals surface area contributed by atoms with E-state index in [1.165, 1.54) is 11.0 Å². The van der Waals surface area contributed by atoms with Crippen molar-refractivity contribution in [2.75, 3.05) is 4.90 Å². The molecule has 1 N–H and O–H groups in total. The average molecular weight is 508 g/mol. The molecule has 1 heterocycles. The summed E-state index contributed by atoms with van der Waals surface area (Å²) < 4.78 is 0. The van der Waals surface area contributed by atoms with Crippen LogP contribution in [-0.2, 0) is 25.6 Å². The van der Waals surface area contributed by atoms with E-state index in [-0.39, 0.29) is 41.5 Å². The van der Waals surface area contributed by atoms with Crippen LogP contribution in [0.4, 0.5) is 5.69 Å². The molecule has 6 nitrogen and oxygen atoms in total. The molecule has 2 aromatic rings. The first-order valence-electron chi connectivity index (χ1n) is 13.2. The van der Waals surface area contributed by atoms with Crippen molar-refractivity contribution in [1.82, 2.24) is 0 Å². The van der Waals surface area contributed by atoms with Gasteiger partial charge in [-0.25, -0.2) is 0 Å². The summed E-state index contributed by atoms with van der Waals surface area (Å²) in [6.07, 6.45) is 4.93. The number of carbonyl (C=O) groups is 4. The second-order valence-corrected chi connectivity index (χ2v) is 10.8. The van der Waals surface area contributed by atoms with Gasteiger partial charge in [-0.1, -0.05) is 42.8 Å². The number of aryl methyl sites for hydroxylation is 2. The van der Waals surface area contributed by atoms with Crippen LogP contribution in [0.15, 0.2) is 76.9 Å². The lowest BCUT2D eigenvalue weighted by Crippen LogP contribution is -2.39. The molecule has 0 saturated carbocycles. The van der Waals surface area contributed by atoms with Crippen LogP contribution in [0, 0.1) is 24.7 Å². The van der Waals surface area contributed by atoms with Gasteiger partial charge >= 0.3 is 0 Å². The summed E-state index contributed by atoms with van der Waals surface area (Å²) >= 11 is 0. The molecule has 4 atom stereocenters. The fraction of sp³-hybridized carbons (Fsp3) is 0.312. The van der Waals surface area contributed by atoms with Crippen LogP contribution in [0.1, 0.15) is 49.3 Å². The minimum Gasteiger partial charge on any atom is -0.508 e. The minimum atomic E-state index is -0.600. The quantitative estimate of drug-likeness (QED) is 0.363. The summed E-state index contributed by atoms with van der Waals surface area (Å²) in [7, 11) is 0. The second-order valence-electron chi connectivity index (χ2n) is 10.8. The molecule has 3 aliphatic carbocycles. The van der Waals surface area contributed by atoms with E-state index in [1.54, 1.807) is 26.0 Å². The van der Waals surface area contributed by atoms with Gasteiger partial charge in [0, 0.05) is 22.6 Å². The zero-order valence-electron chi connectivity index (χ0n) is 21.7. The normalized spacial score (nSPS) is 26.7. The standard InChI is InChI=1S/C32H29NO5/c1-4-18-5-8-20(9-6-18)33-31(37)22-11-10-21-23(28(22)32(33)38)15-24-29(26(35)14-17(3)30(24)36)27(21)19-7-12-25(34)16(2)13-19/h5-10,12-14,22-23,27-28,34H,4,11,15H2,1-3H3. The topological polar surface area (TPSA) is 91.8 Å². The van der Waals surface area contributed by atoms with Gasteiger partial charge in [0.2, 0.25) is 11.8 Å². The highest BCUT2D eigenvalue weighted by atomic mass is 16.3. The lowest BCUT2D eigenvalue weighted by molar-refractivity contribution is -0.123. The molecule has 1 saturated heterocycles. The van der Waals surface area contributed by atoms with Crippen LogP contribution in [0.2, 0.25) is 0 Å². The van der Waals surface area contributed by atoms with Gasteiger partial charge in [-0.15, -0.1) is 0 Å². The predicted molar refractivity (Wildman–Crippen MR) is 142 cm³/mol. The first-order valence-corrected chi connectivity index (χ1v) is 13.2. The molecule has 4 unspecified atom stereocenters. The van der Waals surface area contributed by atoms with E-state index in [4.69, 9.17) is 0 Å². The number of rotatable bonds is 3. The molecule has 2 amide bonds. The van der Waals surface area contributed by atoms with Crippen molar-refractivity contribution in [3.05, 3.63) is 93.6 Å². The number of imide groups is 1. The first kappa shape index (κ1) is 24.3. The Morgan fingerprint density at radius 2 is 1.68 bits per heavy atom. The van der Waals surface area contributed by atoms with E-state index in [0.29, 0.717) is 34.4 Å². The molecule has 192 valence electrons. The predicted octanol–water partition coefficient (Wildman–Crippen LogP) is 4.90. The van der Waals surface area contributed by atoms with Crippen LogP contribution in [0.25, 0.3) is 0 Å². The number of ketones is 2. The maximum absolute atomic E-state index is 13.9. The third-order valence-electron chi connectivity index (χ3n) is 8.72. The van der Waals surface area contributed by atoms with Crippen LogP contribution in [0.5, 0.6) is 5.75 Å². The van der Waals surface area contributed by atoms with E-state index in [9.17, 15) is 24.3 Å². The highest BCUT2D eigenvalue weighted by molar-refractivity contribution is 6.25. The Labute approximate surface area is 221 Å². The van der Waals surface area contributed by atoms with E-state index in [2.05, 4.69) is 6.92 Å². The number of nitrogens with zero attached hydrogens (tertiary/aromatic N) is 1. The van der Waals surface area contributed by atoms with Gasteiger partial charge < -0.3 is 5.11 Å². The van der Waals surface area contributed by atoms with Gasteiger partial charge in [-0.3, -0.25) is 24.1 Å². The number of allylic oxidation sites excluding steroid dienone is 6. The average Bonchev–Trinajstić information content (AvgIpc) is 3.17. The fourth-order valence-corrected chi connectivity index (χ4v) is 6.75. The van der Waals surface area contributed by atoms with Gasteiger partial charge in [0.15, 0.2) is 11.6 Å². The lowest BCUT2D eigenvalue weighted by atomic mass is 9.59. The highest BCUT2D eigenvalue weighted by Gasteiger charge is 2.56. The van der Waals surface area contributed by atoms with E-state index < -0.39 is 17.8 Å². The number of phenols is 1. The van der Waals surface area contributed by atoms with Crippen LogP contribution in [-0.4, -0.2) is 28.5 Å². The van der Waals surface area contributed by atoms with E-state index in [1.807, 2.05) is 36.4 Å². The van der Waals surface area contributed by atoms with Crippen LogP contribution < -0.4 is 4.90 Å². The molecular formula is C32H29NO5. The number of carbonyl (C=O) groups excluding carboxylic acids is 4. The molecule has 1 aliphatic heterocycles. The SMILES string of the molecule is CCc1ccc(N2C(=O)C3CC=C4C(c5ccc(O)c(C)c5)C5=C(CC4C3C2=O)C(=O)C(C)=CC5=O)cc1. The molecule has 2 aromatic carbocycles. The lowest BCUT2D eigenvalue weighted by Gasteiger charge is -2.42. The van der Waals surface area contributed by atoms with Gasteiger partial charge in [0.1, 0.15) is 5.75 Å².